The van der Waals surface area contributed by atoms with Crippen LogP contribution in [0.15, 0.2) is 47.4 Å². The van der Waals surface area contributed by atoms with Gasteiger partial charge in [-0.15, -0.1) is 0 Å². The molecule has 1 N–H and O–H groups in total. The number of sulfonamides is 1. The standard InChI is InChI=1S/C20H25ClN2O4S/c1-14-5-9-18(10-6-14)28(25,26)23(12-20(24)22-16(3)13-27-4)19-11-17(21)8-7-15(19)2/h5-11,16H,12-13H2,1-4H3,(H,22,24)/t16-/m1/s1. The Labute approximate surface area is 171 Å². The van der Waals surface area contributed by atoms with Gasteiger partial charge in [0.1, 0.15) is 6.54 Å². The number of nitrogens with one attached hydrogen (secondary N) is 1. The van der Waals surface area contributed by atoms with E-state index in [1.54, 1.807) is 44.2 Å². The number of rotatable bonds is 8. The fourth-order valence-electron chi connectivity index (χ4n) is 2.73. The molecule has 28 heavy (non-hydrogen) atoms. The molecule has 0 unspecified atom stereocenters. The van der Waals surface area contributed by atoms with Gasteiger partial charge in [-0.25, -0.2) is 8.42 Å². The topological polar surface area (TPSA) is 75.7 Å². The molecule has 0 saturated carbocycles. The number of amides is 1. The number of aryl methyl sites for hydroxylation is 2. The first-order chi connectivity index (χ1) is 13.1. The van der Waals surface area contributed by atoms with Crippen LogP contribution >= 0.6 is 11.6 Å². The number of nitrogens with zero attached hydrogens (tertiary/aromatic N) is 1. The molecule has 0 aromatic heterocycles. The van der Waals surface area contributed by atoms with E-state index >= 15 is 0 Å². The van der Waals surface area contributed by atoms with Gasteiger partial charge in [0, 0.05) is 18.2 Å². The SMILES string of the molecule is COC[C@@H](C)NC(=O)CN(c1cc(Cl)ccc1C)S(=O)(=O)c1ccc(C)cc1. The van der Waals surface area contributed by atoms with Crippen LogP contribution in [-0.4, -0.2) is 40.6 Å². The van der Waals surface area contributed by atoms with Gasteiger partial charge in [-0.2, -0.15) is 0 Å². The second kappa shape index (κ2) is 9.41. The summed E-state index contributed by atoms with van der Waals surface area (Å²) in [5.41, 5.74) is 2.00. The van der Waals surface area contributed by atoms with Crippen molar-refractivity contribution < 1.29 is 17.9 Å². The Kier molecular flexibility index (Phi) is 7.46. The van der Waals surface area contributed by atoms with Crippen molar-refractivity contribution in [3.63, 3.8) is 0 Å². The molecule has 2 rings (SSSR count). The quantitative estimate of drug-likeness (QED) is 0.705. The van der Waals surface area contributed by atoms with Crippen molar-refractivity contribution in [1.29, 1.82) is 0 Å². The van der Waals surface area contributed by atoms with Crippen LogP contribution in [0.5, 0.6) is 0 Å². The molecule has 0 radical (unpaired) electrons. The van der Waals surface area contributed by atoms with E-state index in [9.17, 15) is 13.2 Å². The molecule has 0 aliphatic heterocycles. The lowest BCUT2D eigenvalue weighted by atomic mass is 10.2. The van der Waals surface area contributed by atoms with Crippen LogP contribution in [0.3, 0.4) is 0 Å². The van der Waals surface area contributed by atoms with E-state index in [1.807, 2.05) is 6.92 Å². The maximum atomic E-state index is 13.3. The van der Waals surface area contributed by atoms with E-state index in [-0.39, 0.29) is 17.5 Å². The second-order valence-corrected chi connectivity index (χ2v) is 8.98. The summed E-state index contributed by atoms with van der Waals surface area (Å²) in [5.74, 6) is -0.431. The monoisotopic (exact) mass is 424 g/mol. The summed E-state index contributed by atoms with van der Waals surface area (Å²) in [5, 5.41) is 3.13. The number of carbonyl (C=O) groups excluding carboxylic acids is 1. The third kappa shape index (κ3) is 5.47. The Bertz CT molecular complexity index is 930. The lowest BCUT2D eigenvalue weighted by Crippen LogP contribution is -2.45. The zero-order valence-corrected chi connectivity index (χ0v) is 18.0. The van der Waals surface area contributed by atoms with Crippen molar-refractivity contribution >= 4 is 33.2 Å². The zero-order valence-electron chi connectivity index (χ0n) is 16.4. The maximum absolute atomic E-state index is 13.3. The summed E-state index contributed by atoms with van der Waals surface area (Å²) in [4.78, 5) is 12.6. The first-order valence-corrected chi connectivity index (χ1v) is 10.6. The Morgan fingerprint density at radius 2 is 1.82 bits per heavy atom. The lowest BCUT2D eigenvalue weighted by molar-refractivity contribution is -0.120. The van der Waals surface area contributed by atoms with E-state index < -0.39 is 15.9 Å². The Balaban J connectivity index is 2.45. The number of carbonyl (C=O) groups is 1. The van der Waals surface area contributed by atoms with Gasteiger partial charge in [-0.1, -0.05) is 35.4 Å². The van der Waals surface area contributed by atoms with Crippen molar-refractivity contribution in [2.24, 2.45) is 0 Å². The van der Waals surface area contributed by atoms with Crippen molar-refractivity contribution in [3.8, 4) is 0 Å². The normalized spacial score (nSPS) is 12.5. The van der Waals surface area contributed by atoms with E-state index in [4.69, 9.17) is 16.3 Å². The highest BCUT2D eigenvalue weighted by Crippen LogP contribution is 2.29. The van der Waals surface area contributed by atoms with Crippen molar-refractivity contribution in [2.75, 3.05) is 24.6 Å². The summed E-state index contributed by atoms with van der Waals surface area (Å²) in [6, 6.07) is 11.2. The van der Waals surface area contributed by atoms with Crippen LogP contribution in [0.4, 0.5) is 5.69 Å². The van der Waals surface area contributed by atoms with Crippen LogP contribution in [0.25, 0.3) is 0 Å². The Morgan fingerprint density at radius 1 is 1.18 bits per heavy atom. The molecule has 6 nitrogen and oxygen atoms in total. The summed E-state index contributed by atoms with van der Waals surface area (Å²) >= 11 is 6.10. The number of benzene rings is 2. The predicted molar refractivity (Wildman–Crippen MR) is 111 cm³/mol. The highest BCUT2D eigenvalue weighted by atomic mass is 35.5. The molecule has 152 valence electrons. The minimum Gasteiger partial charge on any atom is -0.383 e. The Hall–Kier alpha value is -2.09. The minimum atomic E-state index is -3.97. The second-order valence-electron chi connectivity index (χ2n) is 6.68. The molecule has 2 aromatic rings. The van der Waals surface area contributed by atoms with Crippen molar-refractivity contribution in [3.05, 3.63) is 58.6 Å². The van der Waals surface area contributed by atoms with Crippen LogP contribution in [0.2, 0.25) is 5.02 Å². The van der Waals surface area contributed by atoms with Gasteiger partial charge in [0.05, 0.1) is 17.2 Å². The summed E-state index contributed by atoms with van der Waals surface area (Å²) in [7, 11) is -2.44. The molecule has 2 aromatic carbocycles. The van der Waals surface area contributed by atoms with E-state index in [2.05, 4.69) is 5.32 Å². The smallest absolute Gasteiger partial charge is 0.264 e. The van der Waals surface area contributed by atoms with Gasteiger partial charge in [0.25, 0.3) is 10.0 Å². The van der Waals surface area contributed by atoms with Gasteiger partial charge in [0.15, 0.2) is 0 Å². The minimum absolute atomic E-state index is 0.107. The van der Waals surface area contributed by atoms with Gasteiger partial charge < -0.3 is 10.1 Å². The maximum Gasteiger partial charge on any atom is 0.264 e. The van der Waals surface area contributed by atoms with Gasteiger partial charge in [0.2, 0.25) is 5.91 Å². The fraction of sp³-hybridized carbons (Fsp3) is 0.350. The number of methoxy groups -OCH3 is 1. The number of halogens is 1. The highest BCUT2D eigenvalue weighted by Gasteiger charge is 2.28. The zero-order chi connectivity index (χ0) is 20.9. The molecule has 0 aliphatic carbocycles. The first-order valence-electron chi connectivity index (χ1n) is 8.79. The molecule has 0 spiro atoms. The molecule has 1 amide bonds. The average molecular weight is 425 g/mol. The summed E-state index contributed by atoms with van der Waals surface area (Å²) in [6.07, 6.45) is 0. The van der Waals surface area contributed by atoms with Crippen LogP contribution in [0.1, 0.15) is 18.1 Å². The van der Waals surface area contributed by atoms with E-state index in [1.165, 1.54) is 19.2 Å². The molecule has 8 heteroatoms. The number of anilines is 1. The average Bonchev–Trinajstić information content (AvgIpc) is 2.62. The molecule has 1 atom stereocenters. The third-order valence-electron chi connectivity index (χ3n) is 4.16. The largest absolute Gasteiger partial charge is 0.383 e. The molecule has 0 saturated heterocycles. The van der Waals surface area contributed by atoms with Crippen molar-refractivity contribution in [1.82, 2.24) is 5.32 Å². The fourth-order valence-corrected chi connectivity index (χ4v) is 4.37. The molecule has 0 bridgehead atoms. The van der Waals surface area contributed by atoms with E-state index in [0.717, 1.165) is 9.87 Å². The summed E-state index contributed by atoms with van der Waals surface area (Å²) in [6.45, 7) is 5.39. The van der Waals surface area contributed by atoms with Crippen molar-refractivity contribution in [2.45, 2.75) is 31.7 Å². The van der Waals surface area contributed by atoms with Gasteiger partial charge >= 0.3 is 0 Å². The molecule has 0 heterocycles. The number of hydrogen-bond donors (Lipinski definition) is 1. The van der Waals surface area contributed by atoms with Gasteiger partial charge in [-0.3, -0.25) is 9.10 Å². The molecule has 0 fully saturated rings. The predicted octanol–water partition coefficient (Wildman–Crippen LogP) is 3.30. The van der Waals surface area contributed by atoms with Crippen LogP contribution < -0.4 is 9.62 Å². The third-order valence-corrected chi connectivity index (χ3v) is 6.17. The summed E-state index contributed by atoms with van der Waals surface area (Å²) < 4.78 is 32.8. The first kappa shape index (κ1) is 22.2. The highest BCUT2D eigenvalue weighted by molar-refractivity contribution is 7.92. The molecular formula is C20H25ClN2O4S. The van der Waals surface area contributed by atoms with E-state index in [0.29, 0.717) is 22.9 Å². The van der Waals surface area contributed by atoms with Gasteiger partial charge in [-0.05, 0) is 50.6 Å². The Morgan fingerprint density at radius 3 is 2.43 bits per heavy atom. The number of ether oxygens (including phenoxy) is 1. The number of hydrogen-bond acceptors (Lipinski definition) is 4. The molecule has 0 aliphatic rings. The lowest BCUT2D eigenvalue weighted by Gasteiger charge is -2.26. The van der Waals surface area contributed by atoms with Crippen LogP contribution in [0, 0.1) is 13.8 Å². The molecular weight excluding hydrogens is 400 g/mol. The van der Waals surface area contributed by atoms with Crippen LogP contribution in [-0.2, 0) is 19.6 Å².